The predicted molar refractivity (Wildman–Crippen MR) is 83.8 cm³/mol. The zero-order valence-electron chi connectivity index (χ0n) is 13.0. The minimum Gasteiger partial charge on any atom is -0.376 e. The first-order valence-corrected chi connectivity index (χ1v) is 8.05. The number of rotatable bonds is 3. The molecule has 0 bridgehead atoms. The molecule has 5 nitrogen and oxygen atoms in total. The van der Waals surface area contributed by atoms with Crippen LogP contribution in [0, 0.1) is 0 Å². The highest BCUT2D eigenvalue weighted by atomic mass is 16.5. The third kappa shape index (κ3) is 3.78. The van der Waals surface area contributed by atoms with Gasteiger partial charge in [-0.25, -0.2) is 4.79 Å². The van der Waals surface area contributed by atoms with E-state index in [2.05, 4.69) is 17.4 Å². The lowest BCUT2D eigenvalue weighted by Crippen LogP contribution is -2.53. The monoisotopic (exact) mass is 304 g/mol. The van der Waals surface area contributed by atoms with Gasteiger partial charge in [0.25, 0.3) is 0 Å². The number of carbonyl (C=O) groups is 1. The Kier molecular flexibility index (Phi) is 4.95. The third-order valence-corrected chi connectivity index (χ3v) is 4.42. The average molecular weight is 304 g/mol. The molecule has 2 aliphatic rings. The van der Waals surface area contributed by atoms with E-state index in [0.29, 0.717) is 19.7 Å². The summed E-state index contributed by atoms with van der Waals surface area (Å²) in [7, 11) is 0. The largest absolute Gasteiger partial charge is 0.376 e. The molecule has 0 saturated carbocycles. The number of carbonyl (C=O) groups excluding carboxylic acids is 1. The number of amides is 2. The second-order valence-corrected chi connectivity index (χ2v) is 6.05. The first-order valence-electron chi connectivity index (χ1n) is 8.05. The maximum Gasteiger partial charge on any atom is 0.317 e. The first-order chi connectivity index (χ1) is 10.7. The van der Waals surface area contributed by atoms with E-state index in [9.17, 15) is 4.79 Å². The summed E-state index contributed by atoms with van der Waals surface area (Å²) in [6, 6.07) is 10.4. The van der Waals surface area contributed by atoms with Crippen LogP contribution in [0.3, 0.4) is 0 Å². The van der Waals surface area contributed by atoms with E-state index in [4.69, 9.17) is 9.47 Å². The summed E-state index contributed by atoms with van der Waals surface area (Å²) in [5.41, 5.74) is 1.24. The molecule has 0 aliphatic carbocycles. The van der Waals surface area contributed by atoms with Gasteiger partial charge in [0.2, 0.25) is 0 Å². The number of hydrogen-bond acceptors (Lipinski definition) is 3. The summed E-state index contributed by atoms with van der Waals surface area (Å²) in [5, 5.41) is 3.09. The number of nitrogens with zero attached hydrogens (tertiary/aromatic N) is 1. The molecule has 1 N–H and O–H groups in total. The van der Waals surface area contributed by atoms with E-state index in [1.54, 1.807) is 0 Å². The lowest BCUT2D eigenvalue weighted by Gasteiger charge is -2.34. The topological polar surface area (TPSA) is 50.8 Å². The molecule has 1 aromatic carbocycles. The highest BCUT2D eigenvalue weighted by Gasteiger charge is 2.30. The Morgan fingerprint density at radius 3 is 2.82 bits per heavy atom. The quantitative estimate of drug-likeness (QED) is 0.926. The Bertz CT molecular complexity index is 494. The van der Waals surface area contributed by atoms with E-state index in [-0.39, 0.29) is 24.3 Å². The Morgan fingerprint density at radius 1 is 1.27 bits per heavy atom. The molecule has 0 unspecified atom stereocenters. The van der Waals surface area contributed by atoms with Crippen LogP contribution in [0.2, 0.25) is 0 Å². The highest BCUT2D eigenvalue weighted by molar-refractivity contribution is 5.74. The number of hydrogen-bond donors (Lipinski definition) is 1. The van der Waals surface area contributed by atoms with Crippen LogP contribution >= 0.6 is 0 Å². The van der Waals surface area contributed by atoms with Gasteiger partial charge in [-0.2, -0.15) is 0 Å². The maximum atomic E-state index is 12.4. The van der Waals surface area contributed by atoms with Crippen molar-refractivity contribution in [2.75, 3.05) is 26.3 Å². The van der Waals surface area contributed by atoms with Crippen LogP contribution in [-0.2, 0) is 15.9 Å². The molecule has 5 heteroatoms. The fourth-order valence-corrected chi connectivity index (χ4v) is 3.08. The van der Waals surface area contributed by atoms with Gasteiger partial charge in [0.05, 0.1) is 24.9 Å². The number of morpholine rings is 1. The smallest absolute Gasteiger partial charge is 0.317 e. The maximum absolute atomic E-state index is 12.4. The zero-order chi connectivity index (χ0) is 15.4. The van der Waals surface area contributed by atoms with Gasteiger partial charge in [-0.15, -0.1) is 0 Å². The summed E-state index contributed by atoms with van der Waals surface area (Å²) in [6.45, 7) is 4.63. The molecular weight excluding hydrogens is 280 g/mol. The Balaban J connectivity index is 1.52. The Morgan fingerprint density at radius 2 is 2.09 bits per heavy atom. The van der Waals surface area contributed by atoms with Gasteiger partial charge >= 0.3 is 6.03 Å². The van der Waals surface area contributed by atoms with Crippen LogP contribution in [0.4, 0.5) is 4.79 Å². The number of nitrogens with one attached hydrogen (secondary N) is 1. The number of benzene rings is 1. The van der Waals surface area contributed by atoms with Crippen LogP contribution in [0.15, 0.2) is 30.3 Å². The highest BCUT2D eigenvalue weighted by Crippen LogP contribution is 2.15. The summed E-state index contributed by atoms with van der Waals surface area (Å²) >= 11 is 0. The van der Waals surface area contributed by atoms with E-state index >= 15 is 0 Å². The molecule has 22 heavy (non-hydrogen) atoms. The molecule has 1 aromatic rings. The van der Waals surface area contributed by atoms with E-state index in [0.717, 1.165) is 19.4 Å². The summed E-state index contributed by atoms with van der Waals surface area (Å²) < 4.78 is 11.3. The van der Waals surface area contributed by atoms with Gasteiger partial charge in [0.15, 0.2) is 0 Å². The van der Waals surface area contributed by atoms with Crippen molar-refractivity contribution in [3.63, 3.8) is 0 Å². The molecule has 0 spiro atoms. The van der Waals surface area contributed by atoms with Gasteiger partial charge < -0.3 is 19.7 Å². The van der Waals surface area contributed by atoms with Crippen LogP contribution in [-0.4, -0.2) is 55.5 Å². The molecule has 2 heterocycles. The van der Waals surface area contributed by atoms with Gasteiger partial charge in [0, 0.05) is 26.1 Å². The lowest BCUT2D eigenvalue weighted by molar-refractivity contribution is -0.0139. The SMILES string of the molecule is C[C@@H]1OCC[C@@H]1NC(=O)N1CCO[C@@H](Cc2ccccc2)C1. The fraction of sp³-hybridized carbons (Fsp3) is 0.588. The van der Waals surface area contributed by atoms with E-state index < -0.39 is 0 Å². The van der Waals surface area contributed by atoms with Crippen LogP contribution < -0.4 is 5.32 Å². The second-order valence-electron chi connectivity index (χ2n) is 6.05. The summed E-state index contributed by atoms with van der Waals surface area (Å²) in [6.07, 6.45) is 1.90. The third-order valence-electron chi connectivity index (χ3n) is 4.42. The van der Waals surface area contributed by atoms with Gasteiger partial charge in [0.1, 0.15) is 0 Å². The van der Waals surface area contributed by atoms with Crippen LogP contribution in [0.5, 0.6) is 0 Å². The normalized spacial score (nSPS) is 28.6. The minimum atomic E-state index is 0.00344. The fourth-order valence-electron chi connectivity index (χ4n) is 3.08. The lowest BCUT2D eigenvalue weighted by atomic mass is 10.1. The number of urea groups is 1. The predicted octanol–water partition coefficient (Wildman–Crippen LogP) is 1.82. The molecule has 3 rings (SSSR count). The molecule has 2 amide bonds. The molecule has 3 atom stereocenters. The second kappa shape index (κ2) is 7.11. The molecule has 120 valence electrons. The molecule has 0 radical (unpaired) electrons. The van der Waals surface area contributed by atoms with Crippen molar-refractivity contribution >= 4 is 6.03 Å². The Labute approximate surface area is 131 Å². The minimum absolute atomic E-state index is 0.00344. The van der Waals surface area contributed by atoms with Crippen molar-refractivity contribution in [2.45, 2.75) is 38.0 Å². The molecule has 2 fully saturated rings. The van der Waals surface area contributed by atoms with Crippen molar-refractivity contribution in [2.24, 2.45) is 0 Å². The van der Waals surface area contributed by atoms with Gasteiger partial charge in [-0.3, -0.25) is 0 Å². The molecule has 0 aromatic heterocycles. The molecule has 2 saturated heterocycles. The van der Waals surface area contributed by atoms with Crippen molar-refractivity contribution in [3.05, 3.63) is 35.9 Å². The standard InChI is InChI=1S/C17H24N2O3/c1-13-16(7-9-21-13)18-17(20)19-8-10-22-15(12-19)11-14-5-3-2-4-6-14/h2-6,13,15-16H,7-12H2,1H3,(H,18,20)/t13-,15-,16-/m0/s1. The van der Waals surface area contributed by atoms with Crippen LogP contribution in [0.25, 0.3) is 0 Å². The van der Waals surface area contributed by atoms with Crippen LogP contribution in [0.1, 0.15) is 18.9 Å². The average Bonchev–Trinajstić information content (AvgIpc) is 2.94. The van der Waals surface area contributed by atoms with Gasteiger partial charge in [-0.05, 0) is 18.9 Å². The van der Waals surface area contributed by atoms with Crippen molar-refractivity contribution in [1.82, 2.24) is 10.2 Å². The van der Waals surface area contributed by atoms with Gasteiger partial charge in [-0.1, -0.05) is 30.3 Å². The zero-order valence-corrected chi connectivity index (χ0v) is 13.0. The van der Waals surface area contributed by atoms with Crippen molar-refractivity contribution in [3.8, 4) is 0 Å². The Hall–Kier alpha value is -1.59. The number of ether oxygens (including phenoxy) is 2. The molecule has 2 aliphatic heterocycles. The van der Waals surface area contributed by atoms with E-state index in [1.807, 2.05) is 30.0 Å². The summed E-state index contributed by atoms with van der Waals surface area (Å²) in [4.78, 5) is 14.3. The first kappa shape index (κ1) is 15.3. The van der Waals surface area contributed by atoms with Crippen molar-refractivity contribution < 1.29 is 14.3 Å². The molecular formula is C17H24N2O3. The van der Waals surface area contributed by atoms with E-state index in [1.165, 1.54) is 5.56 Å². The summed E-state index contributed by atoms with van der Waals surface area (Å²) in [5.74, 6) is 0. The van der Waals surface area contributed by atoms with Crippen molar-refractivity contribution in [1.29, 1.82) is 0 Å².